The van der Waals surface area contributed by atoms with Crippen LogP contribution in [0.3, 0.4) is 0 Å². The average Bonchev–Trinajstić information content (AvgIpc) is 2.14. The van der Waals surface area contributed by atoms with Crippen molar-refractivity contribution in [1.29, 1.82) is 0 Å². The molecule has 1 saturated carbocycles. The number of nitrogens with zero attached hydrogens (tertiary/aromatic N) is 1. The van der Waals surface area contributed by atoms with Crippen molar-refractivity contribution in [2.45, 2.75) is 64.1 Å². The summed E-state index contributed by atoms with van der Waals surface area (Å²) in [5.74, 6) is 0. The Hall–Kier alpha value is -0.770. The first-order valence-electron chi connectivity index (χ1n) is 6.45. The molecule has 1 amide bonds. The van der Waals surface area contributed by atoms with Crippen LogP contribution in [-0.4, -0.2) is 42.8 Å². The Morgan fingerprint density at radius 3 is 2.35 bits per heavy atom. The van der Waals surface area contributed by atoms with Gasteiger partial charge in [-0.15, -0.1) is 0 Å². The number of nitrogens with one attached hydrogen (secondary N) is 1. The van der Waals surface area contributed by atoms with Crippen molar-refractivity contribution in [3.63, 3.8) is 0 Å². The second kappa shape index (κ2) is 5.71. The quantitative estimate of drug-likeness (QED) is 0.808. The monoisotopic (exact) mass is 242 g/mol. The Kier molecular flexibility index (Phi) is 4.80. The van der Waals surface area contributed by atoms with Gasteiger partial charge < -0.3 is 15.0 Å². The lowest BCUT2D eigenvalue weighted by molar-refractivity contribution is 0.0452. The van der Waals surface area contributed by atoms with Crippen LogP contribution in [0.1, 0.15) is 46.5 Å². The summed E-state index contributed by atoms with van der Waals surface area (Å²) in [7, 11) is 4.14. The zero-order valence-electron chi connectivity index (χ0n) is 11.7. The number of rotatable bonds is 2. The fourth-order valence-corrected chi connectivity index (χ4v) is 2.36. The second-order valence-corrected chi connectivity index (χ2v) is 6.07. The molecule has 0 aromatic heterocycles. The van der Waals surface area contributed by atoms with Crippen molar-refractivity contribution in [2.75, 3.05) is 14.1 Å². The number of ether oxygens (including phenoxy) is 1. The van der Waals surface area contributed by atoms with E-state index in [0.29, 0.717) is 6.04 Å². The van der Waals surface area contributed by atoms with Crippen molar-refractivity contribution < 1.29 is 9.53 Å². The summed E-state index contributed by atoms with van der Waals surface area (Å²) in [6.45, 7) is 5.66. The van der Waals surface area contributed by atoms with Crippen LogP contribution in [0.4, 0.5) is 4.79 Å². The van der Waals surface area contributed by atoms with E-state index in [1.54, 1.807) is 0 Å². The molecule has 100 valence electrons. The molecule has 1 rings (SSSR count). The fourth-order valence-electron chi connectivity index (χ4n) is 2.36. The van der Waals surface area contributed by atoms with Crippen LogP contribution in [0.2, 0.25) is 0 Å². The van der Waals surface area contributed by atoms with Gasteiger partial charge in [0.05, 0.1) is 0 Å². The molecule has 1 aliphatic carbocycles. The highest BCUT2D eigenvalue weighted by molar-refractivity contribution is 5.68. The van der Waals surface area contributed by atoms with Crippen molar-refractivity contribution >= 4 is 6.09 Å². The molecule has 1 N–H and O–H groups in total. The zero-order valence-corrected chi connectivity index (χ0v) is 11.7. The highest BCUT2D eigenvalue weighted by Gasteiger charge is 2.29. The number of likely N-dealkylation sites (N-methyl/N-ethyl adjacent to an activating group) is 1. The van der Waals surface area contributed by atoms with Gasteiger partial charge in [-0.2, -0.15) is 0 Å². The summed E-state index contributed by atoms with van der Waals surface area (Å²) in [5, 5.41) is 3.00. The third-order valence-corrected chi connectivity index (χ3v) is 3.09. The van der Waals surface area contributed by atoms with Crippen LogP contribution < -0.4 is 5.32 Å². The third-order valence-electron chi connectivity index (χ3n) is 3.09. The Balaban J connectivity index is 2.50. The van der Waals surface area contributed by atoms with Gasteiger partial charge in [-0.25, -0.2) is 4.79 Å². The minimum atomic E-state index is -0.424. The van der Waals surface area contributed by atoms with E-state index in [4.69, 9.17) is 4.74 Å². The Bertz CT molecular complexity index is 259. The molecule has 0 saturated heterocycles. The number of carbonyl (C=O) groups is 1. The number of alkyl carbamates (subject to hydrolysis) is 1. The first kappa shape index (κ1) is 14.3. The average molecular weight is 242 g/mol. The molecule has 1 fully saturated rings. The highest BCUT2D eigenvalue weighted by atomic mass is 16.6. The van der Waals surface area contributed by atoms with Gasteiger partial charge >= 0.3 is 6.09 Å². The SMILES string of the molecule is CN(C)[C@@H]1CCCC[C@H]1NC(=O)OC(C)(C)C. The molecule has 0 aliphatic heterocycles. The normalized spacial score (nSPS) is 25.8. The molecule has 0 spiro atoms. The van der Waals surface area contributed by atoms with Gasteiger partial charge in [0.2, 0.25) is 0 Å². The van der Waals surface area contributed by atoms with E-state index in [1.807, 2.05) is 20.8 Å². The van der Waals surface area contributed by atoms with Crippen LogP contribution in [0.5, 0.6) is 0 Å². The number of carbonyl (C=O) groups excluding carboxylic acids is 1. The van der Waals surface area contributed by atoms with E-state index in [1.165, 1.54) is 12.8 Å². The van der Waals surface area contributed by atoms with Crippen molar-refractivity contribution in [3.05, 3.63) is 0 Å². The molecule has 0 bridgehead atoms. The highest BCUT2D eigenvalue weighted by Crippen LogP contribution is 2.22. The third kappa shape index (κ3) is 4.94. The van der Waals surface area contributed by atoms with Crippen LogP contribution in [0, 0.1) is 0 Å². The summed E-state index contributed by atoms with van der Waals surface area (Å²) in [6, 6.07) is 0.643. The maximum Gasteiger partial charge on any atom is 0.407 e. The maximum atomic E-state index is 11.7. The summed E-state index contributed by atoms with van der Waals surface area (Å²) >= 11 is 0. The van der Waals surface area contributed by atoms with Gasteiger partial charge in [-0.3, -0.25) is 0 Å². The van der Waals surface area contributed by atoms with E-state index >= 15 is 0 Å². The van der Waals surface area contributed by atoms with Crippen LogP contribution in [-0.2, 0) is 4.74 Å². The number of hydrogen-bond acceptors (Lipinski definition) is 3. The molecular formula is C13H26N2O2. The molecule has 0 radical (unpaired) electrons. The molecule has 17 heavy (non-hydrogen) atoms. The van der Waals surface area contributed by atoms with Crippen LogP contribution in [0.25, 0.3) is 0 Å². The van der Waals surface area contributed by atoms with Gasteiger partial charge in [0.25, 0.3) is 0 Å². The van der Waals surface area contributed by atoms with E-state index in [9.17, 15) is 4.79 Å². The van der Waals surface area contributed by atoms with E-state index in [2.05, 4.69) is 24.3 Å². The lowest BCUT2D eigenvalue weighted by atomic mass is 9.90. The Morgan fingerprint density at radius 2 is 1.82 bits per heavy atom. The van der Waals surface area contributed by atoms with Crippen molar-refractivity contribution in [1.82, 2.24) is 10.2 Å². The van der Waals surface area contributed by atoms with E-state index in [0.717, 1.165) is 12.8 Å². The number of hydrogen-bond donors (Lipinski definition) is 1. The van der Waals surface area contributed by atoms with Crippen LogP contribution >= 0.6 is 0 Å². The second-order valence-electron chi connectivity index (χ2n) is 6.07. The molecule has 2 atom stereocenters. The number of amides is 1. The van der Waals surface area contributed by atoms with Gasteiger partial charge in [-0.05, 0) is 47.7 Å². The minimum absolute atomic E-state index is 0.216. The van der Waals surface area contributed by atoms with Gasteiger partial charge in [0.15, 0.2) is 0 Å². The lowest BCUT2D eigenvalue weighted by Crippen LogP contribution is -2.52. The van der Waals surface area contributed by atoms with Crippen molar-refractivity contribution in [2.24, 2.45) is 0 Å². The van der Waals surface area contributed by atoms with Gasteiger partial charge in [-0.1, -0.05) is 12.8 Å². The summed E-state index contributed by atoms with van der Waals surface area (Å²) in [4.78, 5) is 13.9. The molecule has 4 heteroatoms. The maximum absolute atomic E-state index is 11.7. The Morgan fingerprint density at radius 1 is 1.24 bits per heavy atom. The van der Waals surface area contributed by atoms with Gasteiger partial charge in [0.1, 0.15) is 5.60 Å². The molecule has 0 aromatic carbocycles. The van der Waals surface area contributed by atoms with E-state index < -0.39 is 5.60 Å². The zero-order chi connectivity index (χ0) is 13.1. The fraction of sp³-hybridized carbons (Fsp3) is 0.923. The lowest BCUT2D eigenvalue weighted by Gasteiger charge is -2.36. The first-order valence-corrected chi connectivity index (χ1v) is 6.45. The topological polar surface area (TPSA) is 41.6 Å². The Labute approximate surface area is 105 Å². The first-order chi connectivity index (χ1) is 7.79. The summed E-state index contributed by atoms with van der Waals surface area (Å²) < 4.78 is 5.30. The minimum Gasteiger partial charge on any atom is -0.444 e. The summed E-state index contributed by atoms with van der Waals surface area (Å²) in [6.07, 6.45) is 4.33. The predicted octanol–water partition coefficient (Wildman–Crippen LogP) is 2.38. The molecular weight excluding hydrogens is 216 g/mol. The molecule has 0 aromatic rings. The predicted molar refractivity (Wildman–Crippen MR) is 69.1 cm³/mol. The smallest absolute Gasteiger partial charge is 0.407 e. The van der Waals surface area contributed by atoms with Crippen LogP contribution in [0.15, 0.2) is 0 Å². The summed E-state index contributed by atoms with van der Waals surface area (Å²) in [5.41, 5.74) is -0.424. The van der Waals surface area contributed by atoms with E-state index in [-0.39, 0.29) is 12.1 Å². The molecule has 1 aliphatic rings. The standard InChI is InChI=1S/C13H26N2O2/c1-13(2,3)17-12(16)14-10-8-6-7-9-11(10)15(4)5/h10-11H,6-9H2,1-5H3,(H,14,16)/t10-,11-/m1/s1. The molecule has 0 unspecified atom stereocenters. The van der Waals surface area contributed by atoms with Crippen molar-refractivity contribution in [3.8, 4) is 0 Å². The molecule has 0 heterocycles. The largest absolute Gasteiger partial charge is 0.444 e. The molecule has 4 nitrogen and oxygen atoms in total. The van der Waals surface area contributed by atoms with Gasteiger partial charge in [0, 0.05) is 12.1 Å².